The van der Waals surface area contributed by atoms with Crippen molar-refractivity contribution in [3.63, 3.8) is 0 Å². The maximum Gasteiger partial charge on any atom is 0.391 e. The lowest BCUT2D eigenvalue weighted by Crippen LogP contribution is -2.51. The van der Waals surface area contributed by atoms with E-state index in [-0.39, 0.29) is 28.1 Å². The van der Waals surface area contributed by atoms with E-state index in [1.54, 1.807) is 0 Å². The van der Waals surface area contributed by atoms with E-state index in [1.165, 1.54) is 18.3 Å². The van der Waals surface area contributed by atoms with Crippen molar-refractivity contribution in [1.82, 2.24) is 15.6 Å². The van der Waals surface area contributed by atoms with Gasteiger partial charge in [0.15, 0.2) is 0 Å². The Hall–Kier alpha value is -2.13. The summed E-state index contributed by atoms with van der Waals surface area (Å²) in [4.78, 5) is 15.1. The Morgan fingerprint density at radius 3 is 2.74 bits per heavy atom. The van der Waals surface area contributed by atoms with Gasteiger partial charge in [-0.3, -0.25) is 0 Å². The van der Waals surface area contributed by atoms with E-state index >= 15 is 0 Å². The molecular weight excluding hydrogens is 325 g/mol. The zero-order chi connectivity index (χ0) is 17.0. The van der Waals surface area contributed by atoms with Crippen molar-refractivity contribution in [2.24, 2.45) is 5.92 Å². The van der Waals surface area contributed by atoms with Gasteiger partial charge in [-0.15, -0.1) is 0 Å². The molecule has 10 heteroatoms. The Kier molecular flexibility index (Phi) is 5.22. The molecule has 1 aromatic rings. The van der Waals surface area contributed by atoms with E-state index < -0.39 is 30.8 Å². The zero-order valence-corrected chi connectivity index (χ0v) is 11.7. The van der Waals surface area contributed by atoms with Crippen molar-refractivity contribution in [2.75, 3.05) is 0 Å². The molecule has 1 heterocycles. The van der Waals surface area contributed by atoms with Crippen LogP contribution in [0, 0.1) is 5.92 Å². The average molecular weight is 343 g/mol. The highest BCUT2D eigenvalue weighted by atomic mass is 19.4. The Balaban J connectivity index is 0.00000288. The van der Waals surface area contributed by atoms with E-state index in [1.807, 2.05) is 0 Å². The standard InChI is InChI=1S/C13H14F5N3O2.2H2/c14-11(15)23-10-3-7(1-2-19-10)6-20-12(22)21-9-4-8(5-9)13(16,17)18;;/h1-3,8-9,11H,4-6H2,(H2,20,21,22);2*1H. The number of nitrogens with one attached hydrogen (secondary N) is 2. The van der Waals surface area contributed by atoms with Crippen LogP contribution in [0.2, 0.25) is 0 Å². The van der Waals surface area contributed by atoms with Crippen molar-refractivity contribution >= 4 is 6.03 Å². The van der Waals surface area contributed by atoms with Crippen LogP contribution in [0.1, 0.15) is 21.3 Å². The molecule has 0 spiro atoms. The Morgan fingerprint density at radius 2 is 2.13 bits per heavy atom. The monoisotopic (exact) mass is 343 g/mol. The first kappa shape index (κ1) is 17.2. The maximum atomic E-state index is 12.3. The van der Waals surface area contributed by atoms with Gasteiger partial charge in [-0.1, -0.05) is 0 Å². The van der Waals surface area contributed by atoms with Gasteiger partial charge in [-0.2, -0.15) is 22.0 Å². The van der Waals surface area contributed by atoms with Crippen molar-refractivity contribution in [2.45, 2.75) is 38.2 Å². The number of carbonyl (C=O) groups excluding carboxylic acids is 1. The van der Waals surface area contributed by atoms with Crippen molar-refractivity contribution in [3.8, 4) is 5.88 Å². The maximum absolute atomic E-state index is 12.3. The van der Waals surface area contributed by atoms with E-state index in [4.69, 9.17) is 0 Å². The molecule has 1 fully saturated rings. The number of carbonyl (C=O) groups is 1. The number of aromatic nitrogens is 1. The third kappa shape index (κ3) is 5.22. The predicted octanol–water partition coefficient (Wildman–Crippen LogP) is 3.32. The minimum atomic E-state index is -4.23. The molecule has 1 saturated carbocycles. The molecule has 23 heavy (non-hydrogen) atoms. The minimum Gasteiger partial charge on any atom is -0.417 e. The number of pyridine rings is 1. The van der Waals surface area contributed by atoms with Crippen LogP contribution < -0.4 is 15.4 Å². The Bertz CT molecular complexity index is 557. The van der Waals surface area contributed by atoms with Crippen molar-refractivity contribution in [1.29, 1.82) is 0 Å². The predicted molar refractivity (Wildman–Crippen MR) is 73.0 cm³/mol. The van der Waals surface area contributed by atoms with Gasteiger partial charge in [0, 0.05) is 27.7 Å². The van der Waals surface area contributed by atoms with Gasteiger partial charge in [-0.25, -0.2) is 9.78 Å². The number of urea groups is 1. The number of hydrogen-bond donors (Lipinski definition) is 2. The fourth-order valence-corrected chi connectivity index (χ4v) is 2.14. The molecule has 2 rings (SSSR count). The van der Waals surface area contributed by atoms with Gasteiger partial charge in [-0.05, 0) is 24.5 Å². The van der Waals surface area contributed by atoms with E-state index in [0.717, 1.165) is 0 Å². The molecule has 2 amide bonds. The summed E-state index contributed by atoms with van der Waals surface area (Å²) in [7, 11) is 0. The number of alkyl halides is 5. The van der Waals surface area contributed by atoms with Gasteiger partial charge in [0.25, 0.3) is 0 Å². The fourth-order valence-electron chi connectivity index (χ4n) is 2.14. The van der Waals surface area contributed by atoms with E-state index in [0.29, 0.717) is 5.56 Å². The number of rotatable bonds is 5. The smallest absolute Gasteiger partial charge is 0.391 e. The molecule has 0 radical (unpaired) electrons. The molecule has 0 unspecified atom stereocenters. The quantitative estimate of drug-likeness (QED) is 0.806. The molecule has 0 aromatic carbocycles. The Morgan fingerprint density at radius 1 is 1.43 bits per heavy atom. The first-order chi connectivity index (χ1) is 10.7. The van der Waals surface area contributed by atoms with Crippen LogP contribution in [0.5, 0.6) is 5.88 Å². The second-order valence-electron chi connectivity index (χ2n) is 5.11. The molecule has 5 nitrogen and oxygen atoms in total. The van der Waals surface area contributed by atoms with E-state index in [9.17, 15) is 26.7 Å². The number of halogens is 5. The lowest BCUT2D eigenvalue weighted by atomic mass is 9.80. The normalized spacial score (nSPS) is 20.8. The van der Waals surface area contributed by atoms with Gasteiger partial charge in [0.2, 0.25) is 5.88 Å². The van der Waals surface area contributed by atoms with Gasteiger partial charge in [0.05, 0.1) is 5.92 Å². The highest BCUT2D eigenvalue weighted by Crippen LogP contribution is 2.40. The summed E-state index contributed by atoms with van der Waals surface area (Å²) in [6.45, 7) is -3.00. The lowest BCUT2D eigenvalue weighted by Gasteiger charge is -2.36. The van der Waals surface area contributed by atoms with Crippen LogP contribution in [0.15, 0.2) is 18.3 Å². The number of hydrogen-bond acceptors (Lipinski definition) is 3. The molecule has 0 atom stereocenters. The third-order valence-corrected chi connectivity index (χ3v) is 3.40. The van der Waals surface area contributed by atoms with Crippen LogP contribution in [0.25, 0.3) is 0 Å². The summed E-state index contributed by atoms with van der Waals surface area (Å²) in [5, 5.41) is 4.85. The van der Waals surface area contributed by atoms with Crippen LogP contribution in [-0.4, -0.2) is 29.8 Å². The first-order valence-electron chi connectivity index (χ1n) is 6.75. The summed E-state index contributed by atoms with van der Waals surface area (Å²) in [5.74, 6) is -1.66. The summed E-state index contributed by atoms with van der Waals surface area (Å²) in [6, 6.07) is 1.58. The third-order valence-electron chi connectivity index (χ3n) is 3.40. The molecule has 0 saturated heterocycles. The lowest BCUT2D eigenvalue weighted by molar-refractivity contribution is -0.198. The molecule has 1 aromatic heterocycles. The molecular formula is C13H18F5N3O2. The summed E-state index contributed by atoms with van der Waals surface area (Å²) in [6.07, 6.45) is -3.27. The van der Waals surface area contributed by atoms with Crippen LogP contribution >= 0.6 is 0 Å². The number of ether oxygens (including phenoxy) is 1. The SMILES string of the molecule is O=C(NCc1ccnc(OC(F)F)c1)NC1CC(C(F)(F)F)C1.[HH].[HH]. The second-order valence-corrected chi connectivity index (χ2v) is 5.11. The molecule has 132 valence electrons. The number of amides is 2. The van der Waals surface area contributed by atoms with Gasteiger partial charge in [0.1, 0.15) is 0 Å². The molecule has 2 N–H and O–H groups in total. The van der Waals surface area contributed by atoms with Gasteiger partial charge < -0.3 is 15.4 Å². The number of nitrogens with zero attached hydrogens (tertiary/aromatic N) is 1. The molecule has 1 aliphatic rings. The summed E-state index contributed by atoms with van der Waals surface area (Å²) >= 11 is 0. The van der Waals surface area contributed by atoms with E-state index in [2.05, 4.69) is 20.4 Å². The second kappa shape index (κ2) is 6.97. The largest absolute Gasteiger partial charge is 0.417 e. The van der Waals surface area contributed by atoms with Crippen molar-refractivity contribution in [3.05, 3.63) is 23.9 Å². The van der Waals surface area contributed by atoms with Crippen LogP contribution in [0.4, 0.5) is 26.7 Å². The average Bonchev–Trinajstić information content (AvgIpc) is 2.38. The summed E-state index contributed by atoms with van der Waals surface area (Å²) < 4.78 is 65.1. The molecule has 0 aliphatic heterocycles. The van der Waals surface area contributed by atoms with Crippen LogP contribution in [0.3, 0.4) is 0 Å². The molecule has 1 aliphatic carbocycles. The fraction of sp³-hybridized carbons (Fsp3) is 0.538. The topological polar surface area (TPSA) is 63.2 Å². The van der Waals surface area contributed by atoms with Crippen LogP contribution in [-0.2, 0) is 6.54 Å². The zero-order valence-electron chi connectivity index (χ0n) is 11.7. The first-order valence-corrected chi connectivity index (χ1v) is 6.75. The van der Waals surface area contributed by atoms with Gasteiger partial charge >= 0.3 is 18.8 Å². The van der Waals surface area contributed by atoms with Crippen molar-refractivity contribution < 1.29 is 34.3 Å². The molecule has 0 bridgehead atoms. The highest BCUT2D eigenvalue weighted by Gasteiger charge is 2.48. The minimum absolute atomic E-state index is 0. The summed E-state index contributed by atoms with van der Waals surface area (Å²) in [5.41, 5.74) is 0.465. The Labute approximate surface area is 131 Å². The highest BCUT2D eigenvalue weighted by molar-refractivity contribution is 5.74.